The molecule has 2 nitrogen and oxygen atoms in total. The first-order valence-electron chi connectivity index (χ1n) is 6.16. The van der Waals surface area contributed by atoms with Crippen LogP contribution in [0.5, 0.6) is 0 Å². The summed E-state index contributed by atoms with van der Waals surface area (Å²) in [6, 6.07) is 8.45. The van der Waals surface area contributed by atoms with Gasteiger partial charge in [-0.1, -0.05) is 23.7 Å². The maximum Gasteiger partial charge on any atom is 0.124 e. The normalized spacial score (nSPS) is 12.4. The molecule has 0 amide bonds. The van der Waals surface area contributed by atoms with Crippen LogP contribution in [0.1, 0.15) is 29.8 Å². The minimum Gasteiger partial charge on any atom is -0.305 e. The second-order valence-corrected chi connectivity index (χ2v) is 4.94. The lowest BCUT2D eigenvalue weighted by Gasteiger charge is -2.16. The molecule has 0 aliphatic rings. The molecule has 1 N–H and O–H groups in total. The molecule has 4 heteroatoms. The average Bonchev–Trinajstić information content (AvgIpc) is 2.37. The van der Waals surface area contributed by atoms with Crippen LogP contribution in [0.25, 0.3) is 0 Å². The molecule has 1 unspecified atom stereocenters. The topological polar surface area (TPSA) is 24.9 Å². The second kappa shape index (κ2) is 6.13. The van der Waals surface area contributed by atoms with Crippen LogP contribution in [0.2, 0.25) is 5.02 Å². The van der Waals surface area contributed by atoms with Gasteiger partial charge in [0.05, 0.1) is 5.69 Å². The van der Waals surface area contributed by atoms with Crippen molar-refractivity contribution in [1.82, 2.24) is 10.3 Å². The van der Waals surface area contributed by atoms with Crippen molar-refractivity contribution in [2.45, 2.75) is 26.4 Å². The molecular formula is C15H16ClFN2. The maximum absolute atomic E-state index is 13.0. The Labute approximate surface area is 117 Å². The van der Waals surface area contributed by atoms with Crippen LogP contribution in [0.4, 0.5) is 4.39 Å². The van der Waals surface area contributed by atoms with Crippen LogP contribution in [0.15, 0.2) is 36.5 Å². The van der Waals surface area contributed by atoms with Gasteiger partial charge in [-0.15, -0.1) is 0 Å². The van der Waals surface area contributed by atoms with Crippen LogP contribution in [-0.2, 0) is 6.54 Å². The first-order chi connectivity index (χ1) is 9.08. The van der Waals surface area contributed by atoms with Gasteiger partial charge in [-0.2, -0.15) is 0 Å². The number of pyridine rings is 1. The summed E-state index contributed by atoms with van der Waals surface area (Å²) in [7, 11) is 0. The Morgan fingerprint density at radius 3 is 2.84 bits per heavy atom. The molecule has 0 aliphatic carbocycles. The van der Waals surface area contributed by atoms with Gasteiger partial charge in [0.1, 0.15) is 5.82 Å². The molecule has 2 aromatic rings. The summed E-state index contributed by atoms with van der Waals surface area (Å²) in [6.45, 7) is 4.68. The number of hydrogen-bond acceptors (Lipinski definition) is 2. The fourth-order valence-electron chi connectivity index (χ4n) is 1.92. The molecule has 0 aliphatic heterocycles. The van der Waals surface area contributed by atoms with E-state index in [-0.39, 0.29) is 11.9 Å². The van der Waals surface area contributed by atoms with E-state index in [1.807, 2.05) is 26.0 Å². The summed E-state index contributed by atoms with van der Waals surface area (Å²) >= 11 is 6.04. The van der Waals surface area contributed by atoms with Crippen molar-refractivity contribution in [3.05, 3.63) is 64.2 Å². The number of nitrogens with one attached hydrogen (secondary N) is 1. The molecule has 1 heterocycles. The highest BCUT2D eigenvalue weighted by atomic mass is 35.5. The third-order valence-electron chi connectivity index (χ3n) is 3.12. The van der Waals surface area contributed by atoms with Crippen molar-refractivity contribution in [3.8, 4) is 0 Å². The molecule has 2 rings (SSSR count). The molecule has 19 heavy (non-hydrogen) atoms. The summed E-state index contributed by atoms with van der Waals surface area (Å²) in [4.78, 5) is 4.32. The lowest BCUT2D eigenvalue weighted by atomic mass is 10.1. The predicted molar refractivity (Wildman–Crippen MR) is 75.6 cm³/mol. The Hall–Kier alpha value is -1.45. The number of rotatable bonds is 4. The fraction of sp³-hybridized carbons (Fsp3) is 0.267. The zero-order valence-corrected chi connectivity index (χ0v) is 11.7. The molecule has 0 spiro atoms. The van der Waals surface area contributed by atoms with Crippen molar-refractivity contribution in [3.63, 3.8) is 0 Å². The van der Waals surface area contributed by atoms with E-state index in [0.717, 1.165) is 16.8 Å². The third-order valence-corrected chi connectivity index (χ3v) is 3.45. The highest BCUT2D eigenvalue weighted by Crippen LogP contribution is 2.23. The van der Waals surface area contributed by atoms with E-state index in [2.05, 4.69) is 10.3 Å². The lowest BCUT2D eigenvalue weighted by Crippen LogP contribution is -2.19. The van der Waals surface area contributed by atoms with Crippen LogP contribution in [0.3, 0.4) is 0 Å². The van der Waals surface area contributed by atoms with Crippen LogP contribution >= 0.6 is 11.6 Å². The van der Waals surface area contributed by atoms with Gasteiger partial charge in [-0.25, -0.2) is 4.39 Å². The van der Waals surface area contributed by atoms with E-state index in [1.165, 1.54) is 12.1 Å². The fourth-order valence-corrected chi connectivity index (χ4v) is 2.25. The first kappa shape index (κ1) is 14.0. The quantitative estimate of drug-likeness (QED) is 0.913. The molecule has 0 saturated carbocycles. The molecule has 1 aromatic carbocycles. The van der Waals surface area contributed by atoms with E-state index in [4.69, 9.17) is 11.6 Å². The van der Waals surface area contributed by atoms with Crippen molar-refractivity contribution in [2.75, 3.05) is 0 Å². The zero-order valence-electron chi connectivity index (χ0n) is 11.0. The number of aryl methyl sites for hydroxylation is 1. The van der Waals surface area contributed by atoms with Gasteiger partial charge in [0.2, 0.25) is 0 Å². The molecule has 0 bridgehead atoms. The minimum atomic E-state index is -0.318. The molecule has 0 radical (unpaired) electrons. The van der Waals surface area contributed by atoms with Gasteiger partial charge >= 0.3 is 0 Å². The number of aromatic nitrogens is 1. The van der Waals surface area contributed by atoms with Crippen molar-refractivity contribution < 1.29 is 4.39 Å². The van der Waals surface area contributed by atoms with Gasteiger partial charge in [0.25, 0.3) is 0 Å². The second-order valence-electron chi connectivity index (χ2n) is 4.54. The summed E-state index contributed by atoms with van der Waals surface area (Å²) < 4.78 is 13.0. The summed E-state index contributed by atoms with van der Waals surface area (Å²) in [6.07, 6.45) is 1.78. The predicted octanol–water partition coefficient (Wildman–Crippen LogP) is 4.03. The van der Waals surface area contributed by atoms with Gasteiger partial charge in [-0.3, -0.25) is 4.98 Å². The van der Waals surface area contributed by atoms with Crippen LogP contribution < -0.4 is 5.32 Å². The van der Waals surface area contributed by atoms with Crippen molar-refractivity contribution in [2.24, 2.45) is 0 Å². The first-order valence-corrected chi connectivity index (χ1v) is 6.54. The summed E-state index contributed by atoms with van der Waals surface area (Å²) in [5, 5.41) is 3.79. The minimum absolute atomic E-state index is 0.0366. The smallest absolute Gasteiger partial charge is 0.124 e. The Morgan fingerprint density at radius 2 is 2.16 bits per heavy atom. The molecule has 0 saturated heterocycles. The molecule has 100 valence electrons. The summed E-state index contributed by atoms with van der Waals surface area (Å²) in [5.74, 6) is -0.318. The maximum atomic E-state index is 13.0. The monoisotopic (exact) mass is 278 g/mol. The van der Waals surface area contributed by atoms with Crippen LogP contribution in [0, 0.1) is 12.7 Å². The van der Waals surface area contributed by atoms with Crippen LogP contribution in [-0.4, -0.2) is 4.98 Å². The Kier molecular flexibility index (Phi) is 4.51. The molecule has 1 aromatic heterocycles. The van der Waals surface area contributed by atoms with E-state index in [1.54, 1.807) is 12.3 Å². The van der Waals surface area contributed by atoms with Gasteiger partial charge in [0, 0.05) is 23.8 Å². The number of hydrogen-bond donors (Lipinski definition) is 1. The number of benzene rings is 1. The number of halogens is 2. The van der Waals surface area contributed by atoms with E-state index in [0.29, 0.717) is 11.6 Å². The Morgan fingerprint density at radius 1 is 1.37 bits per heavy atom. The molecule has 0 fully saturated rings. The molecule has 1 atom stereocenters. The average molecular weight is 279 g/mol. The zero-order chi connectivity index (χ0) is 13.8. The largest absolute Gasteiger partial charge is 0.305 e. The Balaban J connectivity index is 2.05. The summed E-state index contributed by atoms with van der Waals surface area (Å²) in [5.41, 5.74) is 3.04. The van der Waals surface area contributed by atoms with Gasteiger partial charge < -0.3 is 5.32 Å². The third kappa shape index (κ3) is 3.52. The highest BCUT2D eigenvalue weighted by molar-refractivity contribution is 6.31. The number of nitrogens with zero attached hydrogens (tertiary/aromatic N) is 1. The van der Waals surface area contributed by atoms with Gasteiger partial charge in [-0.05, 0) is 43.2 Å². The van der Waals surface area contributed by atoms with E-state index < -0.39 is 0 Å². The van der Waals surface area contributed by atoms with Crippen molar-refractivity contribution in [1.29, 1.82) is 0 Å². The van der Waals surface area contributed by atoms with E-state index in [9.17, 15) is 4.39 Å². The van der Waals surface area contributed by atoms with Crippen molar-refractivity contribution >= 4 is 11.6 Å². The highest BCUT2D eigenvalue weighted by Gasteiger charge is 2.10. The lowest BCUT2D eigenvalue weighted by molar-refractivity contribution is 0.563. The Bertz CT molecular complexity index is 572. The molecular weight excluding hydrogens is 263 g/mol. The van der Waals surface area contributed by atoms with Gasteiger partial charge in [0.15, 0.2) is 0 Å². The van der Waals surface area contributed by atoms with E-state index >= 15 is 0 Å². The SMILES string of the molecule is Cc1cccnc1CNC(C)c1ccc(F)cc1Cl. The standard InChI is InChI=1S/C15H16ClFN2/c1-10-4-3-7-18-15(10)9-19-11(2)13-6-5-12(17)8-14(13)16/h3-8,11,19H,9H2,1-2H3.